The Morgan fingerprint density at radius 1 is 1.12 bits per heavy atom. The molecule has 4 rings (SSSR count). The summed E-state index contributed by atoms with van der Waals surface area (Å²) in [5, 5.41) is 8.20. The molecule has 2 atom stereocenters. The van der Waals surface area contributed by atoms with Gasteiger partial charge in [-0.25, -0.2) is 9.59 Å². The highest BCUT2D eigenvalue weighted by Gasteiger charge is 2.38. The summed E-state index contributed by atoms with van der Waals surface area (Å²) in [6.45, 7) is 5.79. The van der Waals surface area contributed by atoms with Crippen LogP contribution in [-0.2, 0) is 9.53 Å². The van der Waals surface area contributed by atoms with Gasteiger partial charge in [-0.2, -0.15) is 0 Å². The molecule has 0 unspecified atom stereocenters. The number of rotatable bonds is 1. The third kappa shape index (κ3) is 7.39. The molecule has 5 amide bonds. The number of ether oxygens (including phenoxy) is 2. The second-order valence-corrected chi connectivity index (χ2v) is 10.8. The van der Waals surface area contributed by atoms with Gasteiger partial charge in [0.15, 0.2) is 0 Å². The van der Waals surface area contributed by atoms with Crippen molar-refractivity contribution in [2.45, 2.75) is 44.9 Å². The Morgan fingerprint density at radius 3 is 2.65 bits per heavy atom. The Bertz CT molecular complexity index is 1260. The van der Waals surface area contributed by atoms with Crippen molar-refractivity contribution in [1.82, 2.24) is 30.7 Å². The Hall–Kier alpha value is -4.35. The minimum atomic E-state index is -0.660. The number of amides is 5. The van der Waals surface area contributed by atoms with Gasteiger partial charge in [0.1, 0.15) is 24.5 Å². The van der Waals surface area contributed by atoms with E-state index < -0.39 is 17.7 Å². The van der Waals surface area contributed by atoms with E-state index in [9.17, 15) is 19.2 Å². The van der Waals surface area contributed by atoms with Gasteiger partial charge in [0, 0.05) is 44.6 Å². The van der Waals surface area contributed by atoms with E-state index in [1.165, 1.54) is 18.1 Å². The van der Waals surface area contributed by atoms with Crippen molar-refractivity contribution in [3.8, 4) is 16.9 Å². The third-order valence-electron chi connectivity index (χ3n) is 6.56. The monoisotopic (exact) mass is 552 g/mol. The van der Waals surface area contributed by atoms with Crippen molar-refractivity contribution in [3.63, 3.8) is 0 Å². The molecule has 40 heavy (non-hydrogen) atoms. The van der Waals surface area contributed by atoms with Crippen molar-refractivity contribution in [1.29, 1.82) is 0 Å². The number of nitrogens with zero attached hydrogens (tertiary/aromatic N) is 3. The topological polar surface area (TPSA) is 142 Å². The summed E-state index contributed by atoms with van der Waals surface area (Å²) in [6, 6.07) is 7.98. The Labute approximate surface area is 233 Å². The molecular formula is C28H36N6O6. The second-order valence-electron chi connectivity index (χ2n) is 10.8. The molecular weight excluding hydrogens is 516 g/mol. The van der Waals surface area contributed by atoms with E-state index in [-0.39, 0.29) is 56.7 Å². The van der Waals surface area contributed by atoms with Crippen LogP contribution in [0.2, 0.25) is 0 Å². The number of carbonyl (C=O) groups excluding carboxylic acids is 4. The van der Waals surface area contributed by atoms with Crippen LogP contribution >= 0.6 is 0 Å². The van der Waals surface area contributed by atoms with E-state index in [2.05, 4.69) is 20.9 Å². The lowest BCUT2D eigenvalue weighted by molar-refractivity contribution is -0.133. The molecule has 2 aliphatic heterocycles. The number of benzene rings is 1. The summed E-state index contributed by atoms with van der Waals surface area (Å²) < 4.78 is 11.5. The predicted octanol–water partition coefficient (Wildman–Crippen LogP) is 2.01. The summed E-state index contributed by atoms with van der Waals surface area (Å²) >= 11 is 0. The third-order valence-corrected chi connectivity index (χ3v) is 6.56. The van der Waals surface area contributed by atoms with Crippen LogP contribution in [0, 0.1) is 0 Å². The van der Waals surface area contributed by atoms with E-state index >= 15 is 0 Å². The highest BCUT2D eigenvalue weighted by Crippen LogP contribution is 2.26. The van der Waals surface area contributed by atoms with Crippen LogP contribution in [0.1, 0.15) is 37.6 Å². The van der Waals surface area contributed by atoms with Crippen LogP contribution in [-0.4, -0.2) is 96.2 Å². The van der Waals surface area contributed by atoms with E-state index in [1.54, 1.807) is 37.9 Å². The Morgan fingerprint density at radius 2 is 1.90 bits per heavy atom. The summed E-state index contributed by atoms with van der Waals surface area (Å²) in [4.78, 5) is 58.5. The van der Waals surface area contributed by atoms with Crippen LogP contribution in [0.3, 0.4) is 0 Å². The van der Waals surface area contributed by atoms with Gasteiger partial charge in [0.05, 0.1) is 17.6 Å². The SMILES string of the molecule is CNC(=O)N1CCNC(=O)c2cncc(c2)-c2cccc(c2)OC[C@@H]2C[C@@H](NC(=O)OC(C)(C)C)CN2C(=O)C1. The average molecular weight is 553 g/mol. The average Bonchev–Trinajstić information content (AvgIpc) is 3.31. The molecule has 0 radical (unpaired) electrons. The summed E-state index contributed by atoms with van der Waals surface area (Å²) in [5.74, 6) is -0.0598. The molecule has 214 valence electrons. The van der Waals surface area contributed by atoms with Gasteiger partial charge in [-0.3, -0.25) is 14.6 Å². The minimum absolute atomic E-state index is 0.111. The van der Waals surface area contributed by atoms with Gasteiger partial charge in [-0.1, -0.05) is 12.1 Å². The number of alkyl carbamates (subject to hydrolysis) is 1. The first-order valence-corrected chi connectivity index (χ1v) is 13.2. The molecule has 2 aromatic rings. The van der Waals surface area contributed by atoms with Crippen molar-refractivity contribution in [2.24, 2.45) is 0 Å². The fraction of sp³-hybridized carbons (Fsp3) is 0.464. The van der Waals surface area contributed by atoms with Crippen LogP contribution < -0.4 is 20.7 Å². The van der Waals surface area contributed by atoms with Gasteiger partial charge in [0.2, 0.25) is 5.91 Å². The zero-order valence-corrected chi connectivity index (χ0v) is 23.2. The van der Waals surface area contributed by atoms with E-state index in [4.69, 9.17) is 9.47 Å². The minimum Gasteiger partial charge on any atom is -0.491 e. The number of pyridine rings is 1. The highest BCUT2D eigenvalue weighted by molar-refractivity contribution is 5.95. The number of hydrogen-bond donors (Lipinski definition) is 3. The zero-order chi connectivity index (χ0) is 28.9. The largest absolute Gasteiger partial charge is 0.491 e. The van der Waals surface area contributed by atoms with Crippen molar-refractivity contribution < 1.29 is 28.7 Å². The molecule has 1 fully saturated rings. The number of aromatic nitrogens is 1. The molecule has 12 nitrogen and oxygen atoms in total. The predicted molar refractivity (Wildman–Crippen MR) is 147 cm³/mol. The van der Waals surface area contributed by atoms with Crippen molar-refractivity contribution in [2.75, 3.05) is 39.8 Å². The molecule has 12 heteroatoms. The fourth-order valence-electron chi connectivity index (χ4n) is 4.71. The zero-order valence-electron chi connectivity index (χ0n) is 23.2. The maximum absolute atomic E-state index is 13.5. The van der Waals surface area contributed by atoms with Crippen molar-refractivity contribution in [3.05, 3.63) is 48.3 Å². The van der Waals surface area contributed by atoms with E-state index in [1.807, 2.05) is 24.3 Å². The maximum Gasteiger partial charge on any atom is 0.407 e. The standard InChI is InChI=1S/C28H36N6O6/c1-28(2,3)40-27(38)32-21-12-22-17-39-23-7-5-6-18(11-23)19-10-20(14-30-13-19)25(36)31-8-9-33(26(37)29-4)16-24(35)34(22)15-21/h5-7,10-11,13-14,21-22H,8-9,12,15-17H2,1-4H3,(H,29,37)(H,31,36)(H,32,38)/t21-,22+/m1/s1. The number of urea groups is 1. The van der Waals surface area contributed by atoms with Gasteiger partial charge in [0.25, 0.3) is 5.91 Å². The fourth-order valence-corrected chi connectivity index (χ4v) is 4.71. The number of carbonyl (C=O) groups is 4. The van der Waals surface area contributed by atoms with Gasteiger partial charge < -0.3 is 35.2 Å². The molecule has 0 saturated carbocycles. The lowest BCUT2D eigenvalue weighted by atomic mass is 10.1. The lowest BCUT2D eigenvalue weighted by Crippen LogP contribution is -2.50. The van der Waals surface area contributed by atoms with Crippen LogP contribution in [0.25, 0.3) is 11.1 Å². The number of hydrogen-bond acceptors (Lipinski definition) is 7. The molecule has 4 bridgehead atoms. The first-order chi connectivity index (χ1) is 19.0. The second kappa shape index (κ2) is 12.2. The molecule has 1 saturated heterocycles. The Kier molecular flexibility index (Phi) is 8.76. The molecule has 0 spiro atoms. The van der Waals surface area contributed by atoms with Gasteiger partial charge in [-0.15, -0.1) is 0 Å². The summed E-state index contributed by atoms with van der Waals surface area (Å²) in [7, 11) is 1.48. The summed E-state index contributed by atoms with van der Waals surface area (Å²) in [6.07, 6.45) is 3.03. The number of fused-ring (bicyclic) bond motifs is 6. The molecule has 1 aromatic carbocycles. The van der Waals surface area contributed by atoms with Crippen LogP contribution in [0.5, 0.6) is 5.75 Å². The molecule has 1 aromatic heterocycles. The number of nitrogens with one attached hydrogen (secondary N) is 3. The first-order valence-electron chi connectivity index (χ1n) is 13.2. The van der Waals surface area contributed by atoms with Crippen molar-refractivity contribution >= 4 is 23.9 Å². The smallest absolute Gasteiger partial charge is 0.407 e. The normalized spacial score (nSPS) is 20.0. The first kappa shape index (κ1) is 28.7. The van der Waals surface area contributed by atoms with E-state index in [0.717, 1.165) is 11.1 Å². The Balaban J connectivity index is 1.61. The molecule has 0 aliphatic carbocycles. The quantitative estimate of drug-likeness (QED) is 0.491. The van der Waals surface area contributed by atoms with E-state index in [0.29, 0.717) is 17.7 Å². The lowest BCUT2D eigenvalue weighted by Gasteiger charge is -2.28. The molecule has 2 aliphatic rings. The van der Waals surface area contributed by atoms with Gasteiger partial charge >= 0.3 is 12.1 Å². The highest BCUT2D eigenvalue weighted by atomic mass is 16.6. The summed E-state index contributed by atoms with van der Waals surface area (Å²) in [5.41, 5.74) is 1.28. The molecule has 3 heterocycles. The van der Waals surface area contributed by atoms with Crippen LogP contribution in [0.4, 0.5) is 9.59 Å². The van der Waals surface area contributed by atoms with Gasteiger partial charge in [-0.05, 0) is 51.0 Å². The maximum atomic E-state index is 13.5. The van der Waals surface area contributed by atoms with Crippen LogP contribution in [0.15, 0.2) is 42.7 Å². The molecule has 3 N–H and O–H groups in total.